The molecule has 0 saturated heterocycles. The lowest BCUT2D eigenvalue weighted by Gasteiger charge is -2.25. The molecule has 0 spiro atoms. The highest BCUT2D eigenvalue weighted by atomic mass is 35.5. The van der Waals surface area contributed by atoms with Crippen LogP contribution in [0.5, 0.6) is 11.5 Å². The van der Waals surface area contributed by atoms with E-state index >= 15 is 0 Å². The summed E-state index contributed by atoms with van der Waals surface area (Å²) in [6.45, 7) is 3.17. The molecule has 0 bridgehead atoms. The van der Waals surface area contributed by atoms with Gasteiger partial charge in [0.15, 0.2) is 0 Å². The van der Waals surface area contributed by atoms with Crippen LogP contribution in [0.1, 0.15) is 11.1 Å². The van der Waals surface area contributed by atoms with E-state index in [1.165, 1.54) is 20.3 Å². The number of carbonyl (C=O) groups excluding carboxylic acids is 1. The van der Waals surface area contributed by atoms with Crippen molar-refractivity contribution in [3.05, 3.63) is 76.8 Å². The summed E-state index contributed by atoms with van der Waals surface area (Å²) in [6, 6.07) is 16.4. The average molecular weight is 489 g/mol. The number of carbonyl (C=O) groups is 1. The van der Waals surface area contributed by atoms with Gasteiger partial charge in [0, 0.05) is 10.7 Å². The van der Waals surface area contributed by atoms with E-state index in [0.717, 1.165) is 15.4 Å². The third-order valence-electron chi connectivity index (χ3n) is 4.99. The van der Waals surface area contributed by atoms with Gasteiger partial charge in [0.25, 0.3) is 10.0 Å². The topological polar surface area (TPSA) is 84.9 Å². The van der Waals surface area contributed by atoms with Gasteiger partial charge in [0.1, 0.15) is 22.9 Å². The van der Waals surface area contributed by atoms with Gasteiger partial charge in [0.2, 0.25) is 5.91 Å². The molecule has 0 aromatic heterocycles. The highest BCUT2D eigenvalue weighted by Gasteiger charge is 2.30. The van der Waals surface area contributed by atoms with Gasteiger partial charge in [-0.25, -0.2) is 8.42 Å². The number of aryl methyl sites for hydroxylation is 2. The highest BCUT2D eigenvalue weighted by Crippen LogP contribution is 2.32. The summed E-state index contributed by atoms with van der Waals surface area (Å²) in [7, 11) is -1.25. The maximum absolute atomic E-state index is 13.7. The zero-order chi connectivity index (χ0) is 24.2. The molecule has 9 heteroatoms. The van der Waals surface area contributed by atoms with Gasteiger partial charge < -0.3 is 14.8 Å². The number of amides is 1. The zero-order valence-electron chi connectivity index (χ0n) is 18.8. The van der Waals surface area contributed by atoms with E-state index in [2.05, 4.69) is 5.32 Å². The van der Waals surface area contributed by atoms with Crippen molar-refractivity contribution in [3.63, 3.8) is 0 Å². The van der Waals surface area contributed by atoms with E-state index in [9.17, 15) is 13.2 Å². The summed E-state index contributed by atoms with van der Waals surface area (Å²) in [6.07, 6.45) is 0. The van der Waals surface area contributed by atoms with E-state index in [1.807, 2.05) is 6.92 Å². The van der Waals surface area contributed by atoms with Gasteiger partial charge in [0.05, 0.1) is 19.9 Å². The van der Waals surface area contributed by atoms with Gasteiger partial charge >= 0.3 is 0 Å². The molecule has 1 N–H and O–H groups in total. The van der Waals surface area contributed by atoms with Crippen molar-refractivity contribution in [2.75, 3.05) is 30.4 Å². The van der Waals surface area contributed by atoms with Crippen molar-refractivity contribution in [3.8, 4) is 11.5 Å². The van der Waals surface area contributed by atoms with Crippen LogP contribution in [0.15, 0.2) is 65.6 Å². The van der Waals surface area contributed by atoms with E-state index in [-0.39, 0.29) is 10.6 Å². The summed E-state index contributed by atoms with van der Waals surface area (Å²) in [5, 5.41) is 3.21. The maximum Gasteiger partial charge on any atom is 0.268 e. The van der Waals surface area contributed by atoms with Crippen LogP contribution in [0, 0.1) is 13.8 Å². The lowest BCUT2D eigenvalue weighted by Crippen LogP contribution is -2.38. The third-order valence-corrected chi connectivity index (χ3v) is 7.19. The van der Waals surface area contributed by atoms with E-state index in [4.69, 9.17) is 21.1 Å². The van der Waals surface area contributed by atoms with Crippen LogP contribution >= 0.6 is 11.6 Å². The number of nitrogens with zero attached hydrogens (tertiary/aromatic N) is 1. The van der Waals surface area contributed by atoms with Crippen LogP contribution in [0.4, 0.5) is 11.4 Å². The summed E-state index contributed by atoms with van der Waals surface area (Å²) >= 11 is 6.14. The number of nitrogens with one attached hydrogen (secondary N) is 1. The molecule has 3 rings (SSSR count). The van der Waals surface area contributed by atoms with Crippen LogP contribution in [0.3, 0.4) is 0 Å². The molecule has 0 radical (unpaired) electrons. The Labute approximate surface area is 198 Å². The number of anilines is 2. The molecule has 0 aliphatic carbocycles. The Bertz CT molecular complexity index is 1260. The average Bonchev–Trinajstić information content (AvgIpc) is 2.80. The van der Waals surface area contributed by atoms with Crippen LogP contribution in [-0.4, -0.2) is 35.1 Å². The second-order valence-corrected chi connectivity index (χ2v) is 9.61. The Balaban J connectivity index is 2.01. The highest BCUT2D eigenvalue weighted by molar-refractivity contribution is 7.93. The number of hydrogen-bond acceptors (Lipinski definition) is 5. The first-order valence-corrected chi connectivity index (χ1v) is 11.8. The summed E-state index contributed by atoms with van der Waals surface area (Å²) in [4.78, 5) is 12.9. The van der Waals surface area contributed by atoms with Crippen LogP contribution in [0.2, 0.25) is 5.02 Å². The molecule has 0 fully saturated rings. The number of methoxy groups -OCH3 is 2. The second-order valence-electron chi connectivity index (χ2n) is 7.38. The molecule has 0 aliphatic rings. The molecule has 174 valence electrons. The fourth-order valence-electron chi connectivity index (χ4n) is 3.17. The lowest BCUT2D eigenvalue weighted by molar-refractivity contribution is -0.114. The Hall–Kier alpha value is -3.23. The molecule has 7 nitrogen and oxygen atoms in total. The molecule has 3 aromatic carbocycles. The van der Waals surface area contributed by atoms with Gasteiger partial charge in [-0.05, 0) is 73.5 Å². The summed E-state index contributed by atoms with van der Waals surface area (Å²) in [5.74, 6) is 0.216. The van der Waals surface area contributed by atoms with Crippen molar-refractivity contribution >= 4 is 38.9 Å². The first-order valence-electron chi connectivity index (χ1n) is 10.0. The number of halogens is 1. The SMILES string of the molecule is COc1ccc(N(CC(=O)Nc2ccc(C)c(Cl)c2)S(=O)(=O)c2cc(C)ccc2OC)cc1. The van der Waals surface area contributed by atoms with E-state index in [0.29, 0.717) is 22.1 Å². The Morgan fingerprint density at radius 1 is 0.970 bits per heavy atom. The fraction of sp³-hybridized carbons (Fsp3) is 0.208. The second kappa shape index (κ2) is 10.1. The van der Waals surface area contributed by atoms with Gasteiger partial charge in [-0.1, -0.05) is 23.7 Å². The van der Waals surface area contributed by atoms with Crippen LogP contribution in [0.25, 0.3) is 0 Å². The van der Waals surface area contributed by atoms with Gasteiger partial charge in [-0.15, -0.1) is 0 Å². The standard InChI is InChI=1S/C24H25ClN2O5S/c1-16-5-12-22(32-4)23(13-16)33(29,30)27(19-8-10-20(31-3)11-9-19)15-24(28)26-18-7-6-17(2)21(25)14-18/h5-14H,15H2,1-4H3,(H,26,28). The molecule has 0 aliphatic heterocycles. The van der Waals surface area contributed by atoms with Gasteiger partial charge in [-0.2, -0.15) is 0 Å². The van der Waals surface area contributed by atoms with Crippen LogP contribution < -0.4 is 19.1 Å². The largest absolute Gasteiger partial charge is 0.497 e. The van der Waals surface area contributed by atoms with Crippen molar-refractivity contribution in [2.45, 2.75) is 18.7 Å². The third kappa shape index (κ3) is 5.58. The predicted octanol–water partition coefficient (Wildman–Crippen LogP) is 4.81. The van der Waals surface area contributed by atoms with Crippen molar-refractivity contribution < 1.29 is 22.7 Å². The van der Waals surface area contributed by atoms with Gasteiger partial charge in [-0.3, -0.25) is 9.10 Å². The lowest BCUT2D eigenvalue weighted by atomic mass is 10.2. The number of ether oxygens (including phenoxy) is 2. The molecule has 33 heavy (non-hydrogen) atoms. The molecular formula is C24H25ClN2O5S. The van der Waals surface area contributed by atoms with Crippen molar-refractivity contribution in [2.24, 2.45) is 0 Å². The molecule has 0 atom stereocenters. The zero-order valence-corrected chi connectivity index (χ0v) is 20.3. The number of sulfonamides is 1. The summed E-state index contributed by atoms with van der Waals surface area (Å²) in [5.41, 5.74) is 2.37. The minimum atomic E-state index is -4.16. The first kappa shape index (κ1) is 24.4. The van der Waals surface area contributed by atoms with E-state index in [1.54, 1.807) is 61.5 Å². The fourth-order valence-corrected chi connectivity index (χ4v) is 5.01. The molecule has 0 unspecified atom stereocenters. The maximum atomic E-state index is 13.7. The Morgan fingerprint density at radius 3 is 2.27 bits per heavy atom. The first-order chi connectivity index (χ1) is 15.6. The molecule has 0 heterocycles. The number of benzene rings is 3. The monoisotopic (exact) mass is 488 g/mol. The molecular weight excluding hydrogens is 464 g/mol. The van der Waals surface area contributed by atoms with E-state index < -0.39 is 22.5 Å². The van der Waals surface area contributed by atoms with Crippen molar-refractivity contribution in [1.82, 2.24) is 0 Å². The molecule has 1 amide bonds. The predicted molar refractivity (Wildman–Crippen MR) is 130 cm³/mol. The minimum Gasteiger partial charge on any atom is -0.497 e. The smallest absolute Gasteiger partial charge is 0.268 e. The molecule has 3 aromatic rings. The number of hydrogen-bond donors (Lipinski definition) is 1. The summed E-state index contributed by atoms with van der Waals surface area (Å²) < 4.78 is 38.9. The van der Waals surface area contributed by atoms with Crippen LogP contribution in [-0.2, 0) is 14.8 Å². The Morgan fingerprint density at radius 2 is 1.67 bits per heavy atom. The normalized spacial score (nSPS) is 11.1. The minimum absolute atomic E-state index is 0.0352. The van der Waals surface area contributed by atoms with Crippen molar-refractivity contribution in [1.29, 1.82) is 0 Å². The quantitative estimate of drug-likeness (QED) is 0.492. The Kier molecular flexibility index (Phi) is 7.50. The molecule has 0 saturated carbocycles. The number of rotatable bonds is 8.